The Labute approximate surface area is 115 Å². The van der Waals surface area contributed by atoms with Crippen molar-refractivity contribution in [1.82, 2.24) is 4.90 Å². The van der Waals surface area contributed by atoms with Crippen molar-refractivity contribution in [1.29, 1.82) is 0 Å². The van der Waals surface area contributed by atoms with E-state index in [1.165, 1.54) is 11.1 Å². The molecule has 0 fully saturated rings. The molecule has 2 rings (SSSR count). The van der Waals surface area contributed by atoms with Crippen molar-refractivity contribution in [3.8, 4) is 5.75 Å². The highest BCUT2D eigenvalue weighted by Gasteiger charge is 2.18. The minimum absolute atomic E-state index is 0.208. The second-order valence-electron chi connectivity index (χ2n) is 5.28. The molecule has 100 valence electrons. The van der Waals surface area contributed by atoms with Crippen LogP contribution in [0.15, 0.2) is 42.5 Å². The van der Waals surface area contributed by atoms with Crippen molar-refractivity contribution in [2.45, 2.75) is 19.9 Å². The Morgan fingerprint density at radius 2 is 1.42 bits per heavy atom. The third-order valence-electron chi connectivity index (χ3n) is 3.46. The lowest BCUT2D eigenvalue weighted by Gasteiger charge is -2.26. The van der Waals surface area contributed by atoms with Gasteiger partial charge in [0.15, 0.2) is 0 Å². The molecular formula is C17H21NO. The number of aromatic hydroxyl groups is 1. The van der Waals surface area contributed by atoms with Crippen LogP contribution in [0.5, 0.6) is 5.75 Å². The summed E-state index contributed by atoms with van der Waals surface area (Å²) in [5, 5.41) is 9.91. The first-order chi connectivity index (χ1) is 9.00. The maximum absolute atomic E-state index is 9.91. The standard InChI is InChI=1S/C17H21NO/c1-12-10-15(11-13(2)17(12)19)16(18(3)4)14-8-6-5-7-9-14/h5-11,16,19H,1-4H3. The lowest BCUT2D eigenvalue weighted by Crippen LogP contribution is -2.21. The first-order valence-electron chi connectivity index (χ1n) is 6.52. The summed E-state index contributed by atoms with van der Waals surface area (Å²) in [4.78, 5) is 2.20. The van der Waals surface area contributed by atoms with Crippen LogP contribution >= 0.6 is 0 Å². The monoisotopic (exact) mass is 255 g/mol. The van der Waals surface area contributed by atoms with Gasteiger partial charge in [-0.2, -0.15) is 0 Å². The summed E-state index contributed by atoms with van der Waals surface area (Å²) in [6, 6.07) is 14.8. The maximum atomic E-state index is 9.91. The largest absolute Gasteiger partial charge is 0.507 e. The summed E-state index contributed by atoms with van der Waals surface area (Å²) >= 11 is 0. The van der Waals surface area contributed by atoms with E-state index in [-0.39, 0.29) is 6.04 Å². The molecule has 0 amide bonds. The van der Waals surface area contributed by atoms with E-state index >= 15 is 0 Å². The summed E-state index contributed by atoms with van der Waals surface area (Å²) in [6.07, 6.45) is 0. The lowest BCUT2D eigenvalue weighted by atomic mass is 9.94. The number of phenolic OH excluding ortho intramolecular Hbond substituents is 1. The van der Waals surface area contributed by atoms with Gasteiger partial charge in [-0.1, -0.05) is 42.5 Å². The molecule has 19 heavy (non-hydrogen) atoms. The van der Waals surface area contributed by atoms with Crippen LogP contribution in [0.25, 0.3) is 0 Å². The van der Waals surface area contributed by atoms with Gasteiger partial charge in [0.05, 0.1) is 6.04 Å². The van der Waals surface area contributed by atoms with Gasteiger partial charge in [-0.05, 0) is 50.2 Å². The molecule has 2 heteroatoms. The Bertz CT molecular complexity index is 538. The molecular weight excluding hydrogens is 234 g/mol. The SMILES string of the molecule is Cc1cc(C(c2ccccc2)N(C)C)cc(C)c1O. The van der Waals surface area contributed by atoms with Crippen LogP contribution in [0.4, 0.5) is 0 Å². The van der Waals surface area contributed by atoms with E-state index in [0.717, 1.165) is 11.1 Å². The normalized spacial score (nSPS) is 12.7. The zero-order valence-corrected chi connectivity index (χ0v) is 12.0. The molecule has 2 aromatic rings. The molecule has 1 unspecified atom stereocenters. The van der Waals surface area contributed by atoms with Crippen LogP contribution in [0.1, 0.15) is 28.3 Å². The number of benzene rings is 2. The van der Waals surface area contributed by atoms with Gasteiger partial charge in [0.25, 0.3) is 0 Å². The molecule has 0 bridgehead atoms. The molecule has 0 aliphatic carbocycles. The van der Waals surface area contributed by atoms with Gasteiger partial charge in [0.2, 0.25) is 0 Å². The molecule has 0 spiro atoms. The van der Waals surface area contributed by atoms with Gasteiger partial charge < -0.3 is 5.11 Å². The summed E-state index contributed by atoms with van der Waals surface area (Å²) in [6.45, 7) is 3.90. The number of aryl methyl sites for hydroxylation is 2. The molecule has 1 N–H and O–H groups in total. The minimum Gasteiger partial charge on any atom is -0.507 e. The fourth-order valence-electron chi connectivity index (χ4n) is 2.57. The number of hydrogen-bond donors (Lipinski definition) is 1. The second-order valence-corrected chi connectivity index (χ2v) is 5.28. The Kier molecular flexibility index (Phi) is 3.91. The summed E-state index contributed by atoms with van der Waals surface area (Å²) in [7, 11) is 4.16. The van der Waals surface area contributed by atoms with Gasteiger partial charge in [0, 0.05) is 0 Å². The third-order valence-corrected chi connectivity index (χ3v) is 3.46. The average molecular weight is 255 g/mol. The van der Waals surface area contributed by atoms with Crippen molar-refractivity contribution >= 4 is 0 Å². The molecule has 1 atom stereocenters. The number of nitrogens with zero attached hydrogens (tertiary/aromatic N) is 1. The zero-order valence-electron chi connectivity index (χ0n) is 12.0. The molecule has 2 nitrogen and oxygen atoms in total. The minimum atomic E-state index is 0.208. The average Bonchev–Trinajstić information content (AvgIpc) is 2.37. The van der Waals surface area contributed by atoms with Crippen LogP contribution in [-0.4, -0.2) is 24.1 Å². The van der Waals surface area contributed by atoms with Crippen LogP contribution in [-0.2, 0) is 0 Å². The van der Waals surface area contributed by atoms with Crippen LogP contribution < -0.4 is 0 Å². The Hall–Kier alpha value is -1.80. The van der Waals surface area contributed by atoms with Gasteiger partial charge >= 0.3 is 0 Å². The Morgan fingerprint density at radius 3 is 1.89 bits per heavy atom. The molecule has 2 aromatic carbocycles. The number of phenols is 1. The van der Waals surface area contributed by atoms with E-state index in [0.29, 0.717) is 5.75 Å². The maximum Gasteiger partial charge on any atom is 0.121 e. The van der Waals surface area contributed by atoms with Crippen molar-refractivity contribution in [2.75, 3.05) is 14.1 Å². The first kappa shape index (κ1) is 13.6. The Morgan fingerprint density at radius 1 is 0.895 bits per heavy atom. The van der Waals surface area contributed by atoms with Gasteiger partial charge in [-0.15, -0.1) is 0 Å². The van der Waals surface area contributed by atoms with E-state index < -0.39 is 0 Å². The third kappa shape index (κ3) is 2.79. The number of hydrogen-bond acceptors (Lipinski definition) is 2. The van der Waals surface area contributed by atoms with E-state index in [1.54, 1.807) is 0 Å². The predicted molar refractivity (Wildman–Crippen MR) is 79.6 cm³/mol. The van der Waals surface area contributed by atoms with Crippen molar-refractivity contribution < 1.29 is 5.11 Å². The smallest absolute Gasteiger partial charge is 0.121 e. The quantitative estimate of drug-likeness (QED) is 0.904. The van der Waals surface area contributed by atoms with Crippen molar-refractivity contribution in [2.24, 2.45) is 0 Å². The van der Waals surface area contributed by atoms with E-state index in [2.05, 4.69) is 55.4 Å². The van der Waals surface area contributed by atoms with Crippen LogP contribution in [0.2, 0.25) is 0 Å². The van der Waals surface area contributed by atoms with E-state index in [9.17, 15) is 5.11 Å². The number of rotatable bonds is 3. The summed E-state index contributed by atoms with van der Waals surface area (Å²) in [5.74, 6) is 0.398. The highest BCUT2D eigenvalue weighted by Crippen LogP contribution is 2.31. The van der Waals surface area contributed by atoms with Gasteiger partial charge in [0.1, 0.15) is 5.75 Å². The Balaban J connectivity index is 2.52. The summed E-state index contributed by atoms with van der Waals surface area (Å²) in [5.41, 5.74) is 4.33. The molecule has 0 saturated carbocycles. The second kappa shape index (κ2) is 5.45. The topological polar surface area (TPSA) is 23.5 Å². The van der Waals surface area contributed by atoms with Crippen LogP contribution in [0.3, 0.4) is 0 Å². The van der Waals surface area contributed by atoms with Gasteiger partial charge in [-0.25, -0.2) is 0 Å². The van der Waals surface area contributed by atoms with Crippen molar-refractivity contribution in [3.05, 3.63) is 64.7 Å². The highest BCUT2D eigenvalue weighted by molar-refractivity contribution is 5.45. The molecule has 0 aliphatic heterocycles. The van der Waals surface area contributed by atoms with Gasteiger partial charge in [-0.3, -0.25) is 4.90 Å². The molecule has 0 aromatic heterocycles. The van der Waals surface area contributed by atoms with Crippen LogP contribution in [0, 0.1) is 13.8 Å². The fraction of sp³-hybridized carbons (Fsp3) is 0.294. The predicted octanol–water partition coefficient (Wildman–Crippen LogP) is 3.66. The van der Waals surface area contributed by atoms with E-state index in [1.807, 2.05) is 19.9 Å². The highest BCUT2D eigenvalue weighted by atomic mass is 16.3. The first-order valence-corrected chi connectivity index (χ1v) is 6.52. The molecule has 0 saturated heterocycles. The molecule has 0 heterocycles. The zero-order chi connectivity index (χ0) is 14.0. The van der Waals surface area contributed by atoms with E-state index in [4.69, 9.17) is 0 Å². The van der Waals surface area contributed by atoms with Crippen molar-refractivity contribution in [3.63, 3.8) is 0 Å². The summed E-state index contributed by atoms with van der Waals surface area (Å²) < 4.78 is 0. The fourth-order valence-corrected chi connectivity index (χ4v) is 2.57. The molecule has 0 aliphatic rings. The lowest BCUT2D eigenvalue weighted by molar-refractivity contribution is 0.341. The molecule has 0 radical (unpaired) electrons.